The van der Waals surface area contributed by atoms with Crippen LogP contribution in [-0.2, 0) is 27.2 Å². The molecule has 2 rings (SSSR count). The minimum atomic E-state index is -0.494. The number of benzene rings is 2. The van der Waals surface area contributed by atoms with Crippen LogP contribution in [0.2, 0.25) is 0 Å². The molecule has 0 radical (unpaired) electrons. The summed E-state index contributed by atoms with van der Waals surface area (Å²) in [5.41, 5.74) is 8.36. The number of methoxy groups -OCH3 is 1. The Morgan fingerprint density at radius 3 is 2.15 bits per heavy atom. The zero-order valence-electron chi connectivity index (χ0n) is 15.9. The fraction of sp³-hybridized carbons (Fsp3) is 0.455. The van der Waals surface area contributed by atoms with Crippen molar-refractivity contribution in [3.63, 3.8) is 0 Å². The lowest BCUT2D eigenvalue weighted by Gasteiger charge is -2.36. The first-order valence-electron chi connectivity index (χ1n) is 9.18. The Morgan fingerprint density at radius 2 is 1.54 bits per heavy atom. The van der Waals surface area contributed by atoms with E-state index in [1.807, 2.05) is 36.4 Å². The highest BCUT2D eigenvalue weighted by atomic mass is 16.5. The number of hydrogen-bond donors (Lipinski definition) is 1. The van der Waals surface area contributed by atoms with E-state index >= 15 is 0 Å². The number of rotatable bonds is 12. The summed E-state index contributed by atoms with van der Waals surface area (Å²) in [5.74, 6) is 0. The molecule has 4 nitrogen and oxygen atoms in total. The van der Waals surface area contributed by atoms with E-state index in [0.717, 1.165) is 18.4 Å². The predicted octanol–water partition coefficient (Wildman–Crippen LogP) is 3.59. The Kier molecular flexibility index (Phi) is 8.78. The number of nitrogens with two attached hydrogens (primary N) is 1. The van der Waals surface area contributed by atoms with Gasteiger partial charge in [0.05, 0.1) is 24.9 Å². The van der Waals surface area contributed by atoms with Crippen molar-refractivity contribution in [2.45, 2.75) is 38.0 Å². The molecule has 0 saturated carbocycles. The first-order valence-corrected chi connectivity index (χ1v) is 9.18. The average molecular weight is 357 g/mol. The van der Waals surface area contributed by atoms with Crippen LogP contribution in [0.3, 0.4) is 0 Å². The topological polar surface area (TPSA) is 53.7 Å². The Bertz CT molecular complexity index is 605. The molecule has 0 aliphatic rings. The van der Waals surface area contributed by atoms with E-state index in [1.54, 1.807) is 7.11 Å². The van der Waals surface area contributed by atoms with Crippen molar-refractivity contribution in [3.8, 4) is 0 Å². The number of ether oxygens (including phenoxy) is 3. The van der Waals surface area contributed by atoms with E-state index in [0.29, 0.717) is 26.4 Å². The van der Waals surface area contributed by atoms with Gasteiger partial charge in [-0.15, -0.1) is 0 Å². The van der Waals surface area contributed by atoms with Crippen molar-refractivity contribution < 1.29 is 14.2 Å². The largest absolute Gasteiger partial charge is 0.385 e. The Hall–Kier alpha value is -1.72. The van der Waals surface area contributed by atoms with Crippen molar-refractivity contribution >= 4 is 0 Å². The Labute approximate surface area is 157 Å². The molecule has 0 aliphatic heterocycles. The van der Waals surface area contributed by atoms with Gasteiger partial charge in [0.25, 0.3) is 0 Å². The third-order valence-electron chi connectivity index (χ3n) is 4.52. The van der Waals surface area contributed by atoms with Crippen LogP contribution in [0.15, 0.2) is 60.7 Å². The molecule has 0 fully saturated rings. The Balaban J connectivity index is 1.93. The third-order valence-corrected chi connectivity index (χ3v) is 4.52. The first kappa shape index (κ1) is 20.6. The summed E-state index contributed by atoms with van der Waals surface area (Å²) < 4.78 is 17.2. The quantitative estimate of drug-likeness (QED) is 0.590. The van der Waals surface area contributed by atoms with Gasteiger partial charge in [0.2, 0.25) is 0 Å². The lowest BCUT2D eigenvalue weighted by molar-refractivity contribution is -0.0730. The molecule has 0 saturated heterocycles. The zero-order valence-corrected chi connectivity index (χ0v) is 15.9. The molecule has 2 atom stereocenters. The lowest BCUT2D eigenvalue weighted by Crippen LogP contribution is -2.52. The second-order valence-electron chi connectivity index (χ2n) is 6.78. The summed E-state index contributed by atoms with van der Waals surface area (Å²) in [5, 5.41) is 0. The van der Waals surface area contributed by atoms with E-state index in [1.165, 1.54) is 5.56 Å². The summed E-state index contributed by atoms with van der Waals surface area (Å²) in [4.78, 5) is 0. The summed E-state index contributed by atoms with van der Waals surface area (Å²) in [6, 6.07) is 20.2. The molecule has 142 valence electrons. The van der Waals surface area contributed by atoms with Gasteiger partial charge in [0.15, 0.2) is 0 Å². The van der Waals surface area contributed by atoms with Gasteiger partial charge >= 0.3 is 0 Å². The highest BCUT2D eigenvalue weighted by molar-refractivity contribution is 5.18. The van der Waals surface area contributed by atoms with Crippen LogP contribution in [0, 0.1) is 0 Å². The standard InChI is InChI=1S/C22H31NO3/c1-22(26-15-9-14-24-2,16-19-10-5-3-6-11-19)21(23)18-25-17-20-12-7-4-8-13-20/h3-8,10-13,21H,9,14-18,23H2,1-2H3. The van der Waals surface area contributed by atoms with Gasteiger partial charge in [0.1, 0.15) is 0 Å². The van der Waals surface area contributed by atoms with Crippen LogP contribution in [0.25, 0.3) is 0 Å². The highest BCUT2D eigenvalue weighted by Gasteiger charge is 2.33. The maximum atomic E-state index is 6.50. The third kappa shape index (κ3) is 6.89. The van der Waals surface area contributed by atoms with Crippen LogP contribution in [0.1, 0.15) is 24.5 Å². The minimum absolute atomic E-state index is 0.228. The van der Waals surface area contributed by atoms with Crippen LogP contribution in [0.5, 0.6) is 0 Å². The average Bonchev–Trinajstić information content (AvgIpc) is 2.67. The van der Waals surface area contributed by atoms with Gasteiger partial charge in [-0.2, -0.15) is 0 Å². The fourth-order valence-corrected chi connectivity index (χ4v) is 2.85. The molecular formula is C22H31NO3. The molecule has 0 spiro atoms. The smallest absolute Gasteiger partial charge is 0.0867 e. The zero-order chi connectivity index (χ0) is 18.7. The van der Waals surface area contributed by atoms with E-state index in [4.69, 9.17) is 19.9 Å². The monoisotopic (exact) mass is 357 g/mol. The SMILES string of the molecule is COCCCOC(C)(Cc1ccccc1)C(N)COCc1ccccc1. The summed E-state index contributed by atoms with van der Waals surface area (Å²) in [6.45, 7) is 4.37. The molecule has 2 aromatic carbocycles. The van der Waals surface area contributed by atoms with Crippen LogP contribution < -0.4 is 5.73 Å². The molecular weight excluding hydrogens is 326 g/mol. The first-order chi connectivity index (χ1) is 12.6. The normalized spacial score (nSPS) is 14.7. The second kappa shape index (κ2) is 11.1. The van der Waals surface area contributed by atoms with Gasteiger partial charge in [-0.05, 0) is 24.5 Å². The van der Waals surface area contributed by atoms with Crippen molar-refractivity contribution in [1.29, 1.82) is 0 Å². The molecule has 0 bridgehead atoms. The van der Waals surface area contributed by atoms with Crippen molar-refractivity contribution in [2.24, 2.45) is 5.73 Å². The lowest BCUT2D eigenvalue weighted by atomic mass is 9.89. The molecule has 2 unspecified atom stereocenters. The molecule has 0 aromatic heterocycles. The molecule has 26 heavy (non-hydrogen) atoms. The van der Waals surface area contributed by atoms with Crippen molar-refractivity contribution in [1.82, 2.24) is 0 Å². The van der Waals surface area contributed by atoms with Gasteiger partial charge in [-0.3, -0.25) is 0 Å². The molecule has 0 amide bonds. The van der Waals surface area contributed by atoms with Gasteiger partial charge in [-0.1, -0.05) is 60.7 Å². The molecule has 2 N–H and O–H groups in total. The summed E-state index contributed by atoms with van der Waals surface area (Å²) >= 11 is 0. The van der Waals surface area contributed by atoms with Gasteiger partial charge in [-0.25, -0.2) is 0 Å². The predicted molar refractivity (Wildman–Crippen MR) is 105 cm³/mol. The van der Waals surface area contributed by atoms with Gasteiger partial charge in [0, 0.05) is 26.7 Å². The summed E-state index contributed by atoms with van der Waals surface area (Å²) in [6.07, 6.45) is 1.59. The molecule has 0 heterocycles. The van der Waals surface area contributed by atoms with Crippen LogP contribution >= 0.6 is 0 Å². The molecule has 4 heteroatoms. The maximum absolute atomic E-state index is 6.50. The van der Waals surface area contributed by atoms with Crippen LogP contribution in [0.4, 0.5) is 0 Å². The van der Waals surface area contributed by atoms with Crippen molar-refractivity contribution in [2.75, 3.05) is 26.9 Å². The van der Waals surface area contributed by atoms with Crippen molar-refractivity contribution in [3.05, 3.63) is 71.8 Å². The summed E-state index contributed by atoms with van der Waals surface area (Å²) in [7, 11) is 1.70. The number of hydrogen-bond acceptors (Lipinski definition) is 4. The van der Waals surface area contributed by atoms with Crippen LogP contribution in [-0.4, -0.2) is 38.6 Å². The highest BCUT2D eigenvalue weighted by Crippen LogP contribution is 2.22. The fourth-order valence-electron chi connectivity index (χ4n) is 2.85. The second-order valence-corrected chi connectivity index (χ2v) is 6.78. The van der Waals surface area contributed by atoms with E-state index in [-0.39, 0.29) is 6.04 Å². The molecule has 2 aromatic rings. The van der Waals surface area contributed by atoms with E-state index < -0.39 is 5.60 Å². The Morgan fingerprint density at radius 1 is 0.923 bits per heavy atom. The van der Waals surface area contributed by atoms with E-state index in [9.17, 15) is 0 Å². The van der Waals surface area contributed by atoms with Gasteiger partial charge < -0.3 is 19.9 Å². The minimum Gasteiger partial charge on any atom is -0.385 e. The maximum Gasteiger partial charge on any atom is 0.0867 e. The molecule has 0 aliphatic carbocycles. The van der Waals surface area contributed by atoms with E-state index in [2.05, 4.69) is 31.2 Å².